The number of benzene rings is 1. The van der Waals surface area contributed by atoms with E-state index in [1.807, 2.05) is 55.6 Å². The summed E-state index contributed by atoms with van der Waals surface area (Å²) in [6, 6.07) is 7.82. The van der Waals surface area contributed by atoms with E-state index in [2.05, 4.69) is 32.8 Å². The summed E-state index contributed by atoms with van der Waals surface area (Å²) in [6.07, 6.45) is 6.82. The molecule has 6 nitrogen and oxygen atoms in total. The highest BCUT2D eigenvalue weighted by atomic mass is 32.2. The molecular formula is C18H21N5OS. The summed E-state index contributed by atoms with van der Waals surface area (Å²) in [5.74, 6) is 0.532. The number of guanidine groups is 1. The highest BCUT2D eigenvalue weighted by Crippen LogP contribution is 2.40. The van der Waals surface area contributed by atoms with Crippen LogP contribution in [0.1, 0.15) is 25.8 Å². The Bertz CT molecular complexity index is 859. The van der Waals surface area contributed by atoms with Crippen molar-refractivity contribution in [3.63, 3.8) is 0 Å². The fraction of sp³-hybridized carbons (Fsp3) is 0.389. The average Bonchev–Trinajstić information content (AvgIpc) is 3.08. The summed E-state index contributed by atoms with van der Waals surface area (Å²) in [5, 5.41) is 9.64. The lowest BCUT2D eigenvalue weighted by molar-refractivity contribution is 0.221. The summed E-state index contributed by atoms with van der Waals surface area (Å²) < 4.78 is 17.2. The van der Waals surface area contributed by atoms with Gasteiger partial charge in [-0.05, 0) is 44.5 Å². The third-order valence-electron chi connectivity index (χ3n) is 4.91. The Morgan fingerprint density at radius 1 is 1.44 bits per heavy atom. The van der Waals surface area contributed by atoms with Gasteiger partial charge in [-0.15, -0.1) is 4.40 Å². The molecule has 1 fully saturated rings. The molecule has 1 aromatic carbocycles. The van der Waals surface area contributed by atoms with Crippen molar-refractivity contribution >= 4 is 29.4 Å². The summed E-state index contributed by atoms with van der Waals surface area (Å²) >= 11 is 0. The number of aryl methyl sites for hydroxylation is 1. The van der Waals surface area contributed by atoms with Gasteiger partial charge >= 0.3 is 0 Å². The molecule has 3 aliphatic rings. The summed E-state index contributed by atoms with van der Waals surface area (Å²) in [4.78, 5) is 5.26. The second-order valence-electron chi connectivity index (χ2n) is 6.88. The third kappa shape index (κ3) is 2.72. The minimum atomic E-state index is -1.49. The highest BCUT2D eigenvalue weighted by molar-refractivity contribution is 7.83. The number of hydrogen-bond donors (Lipinski definition) is 1. The third-order valence-corrected chi connectivity index (χ3v) is 5.91. The molecule has 4 rings (SSSR count). The fourth-order valence-electron chi connectivity index (χ4n) is 3.46. The lowest BCUT2D eigenvalue weighted by Crippen LogP contribution is -2.59. The summed E-state index contributed by atoms with van der Waals surface area (Å²) in [7, 11) is -1.49. The zero-order valence-electron chi connectivity index (χ0n) is 14.5. The van der Waals surface area contributed by atoms with Gasteiger partial charge in [-0.3, -0.25) is 4.99 Å². The Morgan fingerprint density at radius 3 is 3.08 bits per heavy atom. The van der Waals surface area contributed by atoms with Gasteiger partial charge in [0.25, 0.3) is 0 Å². The number of fused-ring (bicyclic) bond motifs is 3. The Balaban J connectivity index is 1.71. The van der Waals surface area contributed by atoms with Crippen LogP contribution in [0, 0.1) is 12.3 Å². The molecule has 4 atom stereocenters. The lowest BCUT2D eigenvalue weighted by Gasteiger charge is -2.46. The van der Waals surface area contributed by atoms with Crippen LogP contribution in [0.2, 0.25) is 0 Å². The summed E-state index contributed by atoms with van der Waals surface area (Å²) in [5.41, 5.74) is 1.88. The van der Waals surface area contributed by atoms with Crippen molar-refractivity contribution in [2.24, 2.45) is 19.9 Å². The average molecular weight is 355 g/mol. The van der Waals surface area contributed by atoms with Crippen LogP contribution in [0.25, 0.3) is 0 Å². The molecule has 1 aromatic rings. The Kier molecular flexibility index (Phi) is 3.83. The van der Waals surface area contributed by atoms with Crippen LogP contribution in [0.3, 0.4) is 0 Å². The maximum absolute atomic E-state index is 12.7. The zero-order chi connectivity index (χ0) is 17.6. The van der Waals surface area contributed by atoms with E-state index in [1.165, 1.54) is 0 Å². The van der Waals surface area contributed by atoms with Gasteiger partial charge in [0, 0.05) is 24.5 Å². The van der Waals surface area contributed by atoms with E-state index in [9.17, 15) is 4.21 Å². The molecule has 4 unspecified atom stereocenters. The molecule has 25 heavy (non-hydrogen) atoms. The molecular weight excluding hydrogens is 334 g/mol. The van der Waals surface area contributed by atoms with E-state index < -0.39 is 11.0 Å². The molecule has 130 valence electrons. The number of nitrogens with one attached hydrogen (secondary N) is 1. The Morgan fingerprint density at radius 2 is 2.28 bits per heavy atom. The van der Waals surface area contributed by atoms with Crippen LogP contribution < -0.4 is 5.32 Å². The van der Waals surface area contributed by atoms with E-state index >= 15 is 0 Å². The predicted octanol–water partition coefficient (Wildman–Crippen LogP) is 2.40. The van der Waals surface area contributed by atoms with Crippen molar-refractivity contribution in [1.82, 2.24) is 10.3 Å². The number of hydrogen-bond acceptors (Lipinski definition) is 3. The van der Waals surface area contributed by atoms with Crippen LogP contribution in [-0.2, 0) is 11.0 Å². The van der Waals surface area contributed by atoms with Crippen LogP contribution >= 0.6 is 0 Å². The van der Waals surface area contributed by atoms with Gasteiger partial charge in [-0.25, -0.2) is 9.22 Å². The normalized spacial score (nSPS) is 32.8. The lowest BCUT2D eigenvalue weighted by atomic mass is 9.75. The van der Waals surface area contributed by atoms with Gasteiger partial charge < -0.3 is 5.32 Å². The van der Waals surface area contributed by atoms with Crippen molar-refractivity contribution in [3.8, 4) is 0 Å². The van der Waals surface area contributed by atoms with Crippen LogP contribution in [0.4, 0.5) is 0 Å². The maximum atomic E-state index is 12.7. The van der Waals surface area contributed by atoms with Crippen molar-refractivity contribution in [3.05, 3.63) is 41.6 Å². The number of dihydropyridines is 1. The van der Waals surface area contributed by atoms with E-state index in [-0.39, 0.29) is 17.5 Å². The van der Waals surface area contributed by atoms with E-state index in [0.717, 1.165) is 17.7 Å². The predicted molar refractivity (Wildman–Crippen MR) is 101 cm³/mol. The number of rotatable bonds is 2. The molecule has 0 amide bonds. The minimum absolute atomic E-state index is 0.101. The molecule has 0 aromatic heterocycles. The monoisotopic (exact) mass is 355 g/mol. The maximum Gasteiger partial charge on any atom is 0.233 e. The summed E-state index contributed by atoms with van der Waals surface area (Å²) in [6.45, 7) is 6.18. The Hall–Kier alpha value is -2.28. The molecule has 7 heteroatoms. The second kappa shape index (κ2) is 5.91. The molecule has 0 spiro atoms. The van der Waals surface area contributed by atoms with Gasteiger partial charge in [0.1, 0.15) is 0 Å². The van der Waals surface area contributed by atoms with Crippen molar-refractivity contribution in [2.45, 2.75) is 44.2 Å². The van der Waals surface area contributed by atoms with E-state index in [4.69, 9.17) is 0 Å². The minimum Gasteiger partial charge on any atom is -0.327 e. The topological polar surface area (TPSA) is 69.4 Å². The van der Waals surface area contributed by atoms with Gasteiger partial charge in [0.05, 0.1) is 22.4 Å². The second-order valence-corrected chi connectivity index (χ2v) is 8.03. The first-order valence-corrected chi connectivity index (χ1v) is 9.50. The smallest absolute Gasteiger partial charge is 0.233 e. The highest BCUT2D eigenvalue weighted by Gasteiger charge is 2.49. The quantitative estimate of drug-likeness (QED) is 0.886. The first-order valence-electron chi connectivity index (χ1n) is 8.40. The van der Waals surface area contributed by atoms with Crippen LogP contribution in [-0.4, -0.2) is 39.7 Å². The van der Waals surface area contributed by atoms with Gasteiger partial charge in [-0.1, -0.05) is 12.1 Å². The molecule has 1 saturated heterocycles. The van der Waals surface area contributed by atoms with Crippen molar-refractivity contribution in [1.29, 1.82) is 0 Å². The largest absolute Gasteiger partial charge is 0.327 e. The molecule has 0 aliphatic carbocycles. The van der Waals surface area contributed by atoms with Gasteiger partial charge in [0.15, 0.2) is 11.0 Å². The fourth-order valence-corrected chi connectivity index (χ4v) is 4.34. The van der Waals surface area contributed by atoms with Crippen molar-refractivity contribution in [2.75, 3.05) is 0 Å². The first-order chi connectivity index (χ1) is 12.0. The SMILES string of the molecule is Cc1cccc(S(=O)/N=C2\NC3=CC(C)N=CC3(C)C3CC=NN23)c1. The molecule has 3 aliphatic heterocycles. The molecule has 0 radical (unpaired) electrons. The molecule has 0 saturated carbocycles. The zero-order valence-corrected chi connectivity index (χ0v) is 15.3. The number of aliphatic imine (C=N–C) groups is 1. The molecule has 3 heterocycles. The van der Waals surface area contributed by atoms with E-state index in [0.29, 0.717) is 10.9 Å². The van der Waals surface area contributed by atoms with Gasteiger partial charge in [0.2, 0.25) is 5.96 Å². The van der Waals surface area contributed by atoms with Crippen LogP contribution in [0.5, 0.6) is 0 Å². The van der Waals surface area contributed by atoms with Gasteiger partial charge in [-0.2, -0.15) is 5.10 Å². The molecule has 1 N–H and O–H groups in total. The standard InChI is InChI=1S/C18H21N5OS/c1-12-5-4-6-14(9-12)25(24)22-17-21-15-10-13(2)19-11-18(15,3)16-7-8-20-23(16)17/h4-6,8-11,13,16H,7H2,1-3H3,(H,21,22). The van der Waals surface area contributed by atoms with Crippen LogP contribution in [0.15, 0.2) is 55.4 Å². The van der Waals surface area contributed by atoms with E-state index in [1.54, 1.807) is 0 Å². The Labute approximate surface area is 150 Å². The molecule has 0 bridgehead atoms. The number of nitrogens with zero attached hydrogens (tertiary/aromatic N) is 4. The van der Waals surface area contributed by atoms with Crippen molar-refractivity contribution < 1.29 is 4.21 Å². The number of hydrazone groups is 1. The first kappa shape index (κ1) is 16.2.